The number of sulfone groups is 1. The molecule has 4 nitrogen and oxygen atoms in total. The van der Waals surface area contributed by atoms with Gasteiger partial charge < -0.3 is 9.84 Å². The average Bonchev–Trinajstić information content (AvgIpc) is 2.45. The van der Waals surface area contributed by atoms with E-state index in [-0.39, 0.29) is 4.90 Å². The Balaban J connectivity index is 2.31. The van der Waals surface area contributed by atoms with Crippen LogP contribution in [0.15, 0.2) is 51.8 Å². The lowest BCUT2D eigenvalue weighted by Gasteiger charge is -2.13. The number of rotatable bonds is 4. The Kier molecular flexibility index (Phi) is 4.70. The second-order valence-corrected chi connectivity index (χ2v) is 7.51. The third kappa shape index (κ3) is 3.64. The second-order valence-electron chi connectivity index (χ2n) is 4.64. The molecule has 112 valence electrons. The van der Waals surface area contributed by atoms with E-state index in [0.717, 1.165) is 10.7 Å². The quantitative estimate of drug-likeness (QED) is 0.898. The summed E-state index contributed by atoms with van der Waals surface area (Å²) in [6.45, 7) is 0. The van der Waals surface area contributed by atoms with E-state index in [0.29, 0.717) is 16.9 Å². The Morgan fingerprint density at radius 3 is 2.14 bits per heavy atom. The second kappa shape index (κ2) is 6.17. The monoisotopic (exact) mass is 370 g/mol. The van der Waals surface area contributed by atoms with Crippen LogP contribution in [0, 0.1) is 0 Å². The molecular weight excluding hydrogens is 356 g/mol. The van der Waals surface area contributed by atoms with Crippen molar-refractivity contribution in [2.75, 3.05) is 13.4 Å². The van der Waals surface area contributed by atoms with E-state index in [9.17, 15) is 13.5 Å². The van der Waals surface area contributed by atoms with E-state index in [1.54, 1.807) is 37.4 Å². The molecule has 0 amide bonds. The van der Waals surface area contributed by atoms with Gasteiger partial charge in [0.1, 0.15) is 11.9 Å². The molecule has 21 heavy (non-hydrogen) atoms. The van der Waals surface area contributed by atoms with Crippen molar-refractivity contribution >= 4 is 25.8 Å². The van der Waals surface area contributed by atoms with Crippen molar-refractivity contribution in [1.29, 1.82) is 0 Å². The van der Waals surface area contributed by atoms with Gasteiger partial charge in [-0.2, -0.15) is 0 Å². The number of methoxy groups -OCH3 is 1. The molecule has 2 aromatic rings. The molecule has 2 aromatic carbocycles. The van der Waals surface area contributed by atoms with Crippen LogP contribution < -0.4 is 4.74 Å². The van der Waals surface area contributed by atoms with Gasteiger partial charge >= 0.3 is 0 Å². The van der Waals surface area contributed by atoms with Crippen LogP contribution in [0.4, 0.5) is 0 Å². The van der Waals surface area contributed by atoms with Crippen LogP contribution in [0.3, 0.4) is 0 Å². The predicted octanol–water partition coefficient (Wildman–Crippen LogP) is 2.94. The lowest BCUT2D eigenvalue weighted by molar-refractivity contribution is 0.220. The third-order valence-corrected chi connectivity index (χ3v) is 4.86. The van der Waals surface area contributed by atoms with Crippen LogP contribution in [0.2, 0.25) is 0 Å². The number of halogens is 1. The van der Waals surface area contributed by atoms with Crippen LogP contribution >= 0.6 is 15.9 Å². The highest BCUT2D eigenvalue weighted by Crippen LogP contribution is 2.30. The SMILES string of the molecule is COc1ccc(C(O)c2ccc(S(C)(=O)=O)cc2)cc1Br. The van der Waals surface area contributed by atoms with E-state index in [4.69, 9.17) is 4.74 Å². The molecule has 1 atom stereocenters. The Hall–Kier alpha value is -1.37. The van der Waals surface area contributed by atoms with Crippen molar-refractivity contribution in [2.24, 2.45) is 0 Å². The van der Waals surface area contributed by atoms with Gasteiger partial charge in [0.05, 0.1) is 16.5 Å². The Bertz CT molecular complexity index is 739. The number of aliphatic hydroxyl groups excluding tert-OH is 1. The van der Waals surface area contributed by atoms with Gasteiger partial charge in [-0.15, -0.1) is 0 Å². The molecule has 0 heterocycles. The molecule has 0 bridgehead atoms. The molecule has 6 heteroatoms. The molecule has 0 aliphatic heterocycles. The molecule has 1 unspecified atom stereocenters. The van der Waals surface area contributed by atoms with Gasteiger partial charge in [-0.05, 0) is 51.3 Å². The highest BCUT2D eigenvalue weighted by molar-refractivity contribution is 9.10. The van der Waals surface area contributed by atoms with Crippen molar-refractivity contribution in [3.05, 3.63) is 58.1 Å². The van der Waals surface area contributed by atoms with E-state index in [2.05, 4.69) is 15.9 Å². The minimum absolute atomic E-state index is 0.231. The molecule has 1 N–H and O–H groups in total. The van der Waals surface area contributed by atoms with Crippen molar-refractivity contribution in [2.45, 2.75) is 11.0 Å². The number of aliphatic hydroxyl groups is 1. The minimum Gasteiger partial charge on any atom is -0.496 e. The number of benzene rings is 2. The molecule has 0 aromatic heterocycles. The van der Waals surface area contributed by atoms with Crippen molar-refractivity contribution in [3.63, 3.8) is 0 Å². The smallest absolute Gasteiger partial charge is 0.175 e. The average molecular weight is 371 g/mol. The van der Waals surface area contributed by atoms with Crippen molar-refractivity contribution in [1.82, 2.24) is 0 Å². The van der Waals surface area contributed by atoms with Crippen molar-refractivity contribution < 1.29 is 18.3 Å². The first kappa shape index (κ1) is 16.0. The number of hydrogen-bond acceptors (Lipinski definition) is 4. The zero-order valence-electron chi connectivity index (χ0n) is 11.6. The van der Waals surface area contributed by atoms with Crippen LogP contribution in [-0.4, -0.2) is 26.9 Å². The summed E-state index contributed by atoms with van der Waals surface area (Å²) < 4.78 is 28.7. The highest BCUT2D eigenvalue weighted by Gasteiger charge is 2.14. The highest BCUT2D eigenvalue weighted by atomic mass is 79.9. The first-order chi connectivity index (χ1) is 9.82. The Morgan fingerprint density at radius 1 is 1.10 bits per heavy atom. The summed E-state index contributed by atoms with van der Waals surface area (Å²) in [5, 5.41) is 10.4. The Morgan fingerprint density at radius 2 is 1.67 bits per heavy atom. The van der Waals surface area contributed by atoms with Gasteiger partial charge in [0.15, 0.2) is 9.84 Å². The number of ether oxygens (including phenoxy) is 1. The normalized spacial score (nSPS) is 13.0. The lowest BCUT2D eigenvalue weighted by Crippen LogP contribution is -2.02. The van der Waals surface area contributed by atoms with Crippen LogP contribution in [0.1, 0.15) is 17.2 Å². The summed E-state index contributed by atoms with van der Waals surface area (Å²) in [5.74, 6) is 0.679. The molecule has 0 saturated carbocycles. The van der Waals surface area contributed by atoms with E-state index >= 15 is 0 Å². The van der Waals surface area contributed by atoms with E-state index < -0.39 is 15.9 Å². The summed E-state index contributed by atoms with van der Waals surface area (Å²) in [6.07, 6.45) is 0.319. The fraction of sp³-hybridized carbons (Fsp3) is 0.200. The van der Waals surface area contributed by atoms with E-state index in [1.165, 1.54) is 12.1 Å². The zero-order valence-corrected chi connectivity index (χ0v) is 14.0. The summed E-state index contributed by atoms with van der Waals surface area (Å²) >= 11 is 3.37. The van der Waals surface area contributed by atoms with Gasteiger partial charge in [-0.3, -0.25) is 0 Å². The van der Waals surface area contributed by atoms with Gasteiger partial charge in [0, 0.05) is 6.26 Å². The summed E-state index contributed by atoms with van der Waals surface area (Å²) in [4.78, 5) is 0.231. The molecule has 0 aliphatic rings. The fourth-order valence-corrected chi connectivity index (χ4v) is 3.13. The molecule has 0 spiro atoms. The maximum Gasteiger partial charge on any atom is 0.175 e. The molecule has 0 fully saturated rings. The Labute approximate surface area is 132 Å². The van der Waals surface area contributed by atoms with Crippen LogP contribution in [0.25, 0.3) is 0 Å². The first-order valence-corrected chi connectivity index (χ1v) is 8.83. The van der Waals surface area contributed by atoms with Gasteiger partial charge in [-0.25, -0.2) is 8.42 Å². The molecule has 2 rings (SSSR count). The largest absolute Gasteiger partial charge is 0.496 e. The first-order valence-electron chi connectivity index (χ1n) is 6.14. The molecule has 0 saturated heterocycles. The summed E-state index contributed by atoms with van der Waals surface area (Å²) in [6, 6.07) is 11.5. The standard InChI is InChI=1S/C15H15BrO4S/c1-20-14-8-5-11(9-13(14)16)15(17)10-3-6-12(7-4-10)21(2,18)19/h3-9,15,17H,1-2H3. The maximum absolute atomic E-state index is 11.4. The summed E-state index contributed by atoms with van der Waals surface area (Å²) in [5.41, 5.74) is 1.31. The van der Waals surface area contributed by atoms with Crippen LogP contribution in [0.5, 0.6) is 5.75 Å². The van der Waals surface area contributed by atoms with Crippen LogP contribution in [-0.2, 0) is 9.84 Å². The van der Waals surface area contributed by atoms with Gasteiger partial charge in [0.2, 0.25) is 0 Å². The molecule has 0 radical (unpaired) electrons. The summed E-state index contributed by atoms with van der Waals surface area (Å²) in [7, 11) is -1.66. The predicted molar refractivity (Wildman–Crippen MR) is 84.3 cm³/mol. The minimum atomic E-state index is -3.23. The van der Waals surface area contributed by atoms with Gasteiger partial charge in [-0.1, -0.05) is 18.2 Å². The molecule has 0 aliphatic carbocycles. The topological polar surface area (TPSA) is 63.6 Å². The molecular formula is C15H15BrO4S. The third-order valence-electron chi connectivity index (χ3n) is 3.12. The van der Waals surface area contributed by atoms with Crippen molar-refractivity contribution in [3.8, 4) is 5.75 Å². The van der Waals surface area contributed by atoms with E-state index in [1.807, 2.05) is 0 Å². The lowest BCUT2D eigenvalue weighted by atomic mass is 10.0. The van der Waals surface area contributed by atoms with Gasteiger partial charge in [0.25, 0.3) is 0 Å². The fourth-order valence-electron chi connectivity index (χ4n) is 1.94. The maximum atomic E-state index is 11.4. The zero-order chi connectivity index (χ0) is 15.6. The number of hydrogen-bond donors (Lipinski definition) is 1.